The van der Waals surface area contributed by atoms with E-state index in [1.54, 1.807) is 0 Å². The molecule has 0 aromatic carbocycles. The fraction of sp³-hybridized carbons (Fsp3) is 0.562. The van der Waals surface area contributed by atoms with Crippen molar-refractivity contribution in [1.82, 2.24) is 10.2 Å². The average Bonchev–Trinajstić information content (AvgIpc) is 2.64. The van der Waals surface area contributed by atoms with E-state index in [1.807, 2.05) is 6.08 Å². The summed E-state index contributed by atoms with van der Waals surface area (Å²) >= 11 is 1.36. The highest BCUT2D eigenvalue weighted by Crippen LogP contribution is 2.40. The molecular weight excluding hydrogens is 346 g/mol. The summed E-state index contributed by atoms with van der Waals surface area (Å²) in [7, 11) is 1.37. The van der Waals surface area contributed by atoms with Gasteiger partial charge in [0, 0.05) is 0 Å². The van der Waals surface area contributed by atoms with E-state index in [2.05, 4.69) is 5.32 Å². The maximum atomic E-state index is 12.4. The van der Waals surface area contributed by atoms with Crippen molar-refractivity contribution in [2.75, 3.05) is 12.9 Å². The van der Waals surface area contributed by atoms with E-state index < -0.39 is 35.2 Å². The molecule has 2 aliphatic heterocycles. The predicted octanol–water partition coefficient (Wildman–Crippen LogP) is 0.157. The van der Waals surface area contributed by atoms with Crippen molar-refractivity contribution in [1.29, 1.82) is 0 Å². The Kier molecular flexibility index (Phi) is 5.05. The number of fused-ring (bicyclic) bond motifs is 1. The topological polar surface area (TPSA) is 122 Å². The smallest absolute Gasteiger partial charge is 0.356 e. The van der Waals surface area contributed by atoms with E-state index in [0.717, 1.165) is 31.3 Å². The zero-order valence-corrected chi connectivity index (χ0v) is 14.7. The van der Waals surface area contributed by atoms with E-state index in [-0.39, 0.29) is 11.5 Å². The van der Waals surface area contributed by atoms with Crippen molar-refractivity contribution in [3.63, 3.8) is 0 Å². The molecule has 2 heterocycles. The van der Waals surface area contributed by atoms with Crippen LogP contribution in [0.5, 0.6) is 0 Å². The lowest BCUT2D eigenvalue weighted by atomic mass is 9.93. The van der Waals surface area contributed by atoms with Crippen molar-refractivity contribution in [2.24, 2.45) is 5.73 Å². The molecule has 1 saturated heterocycles. The van der Waals surface area contributed by atoms with Crippen LogP contribution in [0.4, 0.5) is 0 Å². The Balaban J connectivity index is 1.69. The van der Waals surface area contributed by atoms with Crippen molar-refractivity contribution < 1.29 is 24.2 Å². The first-order valence-corrected chi connectivity index (χ1v) is 9.20. The van der Waals surface area contributed by atoms with Crippen LogP contribution >= 0.6 is 11.8 Å². The highest BCUT2D eigenvalue weighted by molar-refractivity contribution is 8.00. The van der Waals surface area contributed by atoms with Crippen LogP contribution in [0.1, 0.15) is 25.7 Å². The van der Waals surface area contributed by atoms with Gasteiger partial charge in [0.2, 0.25) is 5.91 Å². The Morgan fingerprint density at radius 2 is 2.24 bits per heavy atom. The summed E-state index contributed by atoms with van der Waals surface area (Å²) in [6, 6.07) is -1.53. The second-order valence-corrected chi connectivity index (χ2v) is 7.28. The number of carbonyl (C=O) groups is 3. The van der Waals surface area contributed by atoms with Gasteiger partial charge in [-0.15, -0.1) is 11.8 Å². The maximum absolute atomic E-state index is 12.4. The summed E-state index contributed by atoms with van der Waals surface area (Å²) < 4.78 is 5.07. The molecule has 8 nitrogen and oxygen atoms in total. The van der Waals surface area contributed by atoms with Crippen LogP contribution in [0.15, 0.2) is 23.1 Å². The number of methoxy groups -OCH3 is 1. The molecule has 1 aliphatic carbocycles. The molecule has 3 aliphatic rings. The van der Waals surface area contributed by atoms with E-state index in [1.165, 1.54) is 23.8 Å². The van der Waals surface area contributed by atoms with Gasteiger partial charge in [0.1, 0.15) is 23.2 Å². The summed E-state index contributed by atoms with van der Waals surface area (Å²) in [6.07, 6.45) is 5.80. The van der Waals surface area contributed by atoms with Gasteiger partial charge in [-0.2, -0.15) is 0 Å². The number of carboxylic acid groups (broad SMARTS) is 1. The number of ether oxygens (including phenoxy) is 1. The average molecular weight is 367 g/mol. The van der Waals surface area contributed by atoms with Crippen LogP contribution in [0.3, 0.4) is 0 Å². The molecule has 0 aromatic rings. The molecule has 2 amide bonds. The third kappa shape index (κ3) is 3.13. The van der Waals surface area contributed by atoms with Crippen LogP contribution in [-0.4, -0.2) is 58.1 Å². The number of nitrogens with one attached hydrogen (secondary N) is 1. The highest BCUT2D eigenvalue weighted by atomic mass is 32.2. The molecule has 0 bridgehead atoms. The lowest BCUT2D eigenvalue weighted by Crippen LogP contribution is -2.71. The summed E-state index contributed by atoms with van der Waals surface area (Å²) in [5.41, 5.74) is 6.76. The molecular formula is C16H21N3O5S. The molecule has 0 aromatic heterocycles. The summed E-state index contributed by atoms with van der Waals surface area (Å²) in [5.74, 6) is -1.50. The first-order valence-electron chi connectivity index (χ1n) is 8.15. The third-order valence-corrected chi connectivity index (χ3v) is 5.94. The molecule has 1 fully saturated rings. The Morgan fingerprint density at radius 3 is 2.84 bits per heavy atom. The fourth-order valence-corrected chi connectivity index (χ4v) is 4.62. The van der Waals surface area contributed by atoms with Crippen molar-refractivity contribution in [3.05, 3.63) is 23.1 Å². The van der Waals surface area contributed by atoms with Crippen LogP contribution < -0.4 is 11.1 Å². The number of allylic oxidation sites excluding steroid dienone is 1. The van der Waals surface area contributed by atoms with E-state index in [4.69, 9.17) is 10.5 Å². The van der Waals surface area contributed by atoms with E-state index >= 15 is 0 Å². The zero-order chi connectivity index (χ0) is 18.1. The number of thioether (sulfide) groups is 1. The number of rotatable bonds is 5. The fourth-order valence-electron chi connectivity index (χ4n) is 3.30. The monoisotopic (exact) mass is 367 g/mol. The molecule has 3 rings (SSSR count). The Labute approximate surface area is 149 Å². The van der Waals surface area contributed by atoms with Gasteiger partial charge < -0.3 is 20.9 Å². The maximum Gasteiger partial charge on any atom is 0.356 e. The molecule has 0 radical (unpaired) electrons. The summed E-state index contributed by atoms with van der Waals surface area (Å²) in [5, 5.41) is 11.6. The SMILES string of the molecule is COC1=C(C(=O)O)N2C(=O)[C@@H](NC(=O)C(N)C3=CCCCC3)[C@H]2SC1. The second-order valence-electron chi connectivity index (χ2n) is 6.18. The molecule has 1 unspecified atom stereocenters. The molecule has 25 heavy (non-hydrogen) atoms. The Morgan fingerprint density at radius 1 is 1.48 bits per heavy atom. The van der Waals surface area contributed by atoms with Crippen LogP contribution in [0.2, 0.25) is 0 Å². The molecule has 136 valence electrons. The molecule has 4 N–H and O–H groups in total. The standard InChI is InChI=1S/C16H21N3O5S/c1-24-9-7-25-15-11(14(21)19(15)12(9)16(22)23)18-13(20)10(17)8-5-3-2-4-6-8/h5,10-11,15H,2-4,6-7,17H2,1H3,(H,18,20)(H,22,23)/t10?,11-,15-/m1/s1. The van der Waals surface area contributed by atoms with E-state index in [9.17, 15) is 19.5 Å². The van der Waals surface area contributed by atoms with Crippen LogP contribution in [0.25, 0.3) is 0 Å². The number of nitrogens with zero attached hydrogens (tertiary/aromatic N) is 1. The summed E-state index contributed by atoms with van der Waals surface area (Å²) in [6.45, 7) is 0. The van der Waals surface area contributed by atoms with Gasteiger partial charge in [0.15, 0.2) is 5.70 Å². The van der Waals surface area contributed by atoms with Gasteiger partial charge in [-0.25, -0.2) is 4.79 Å². The Hall–Kier alpha value is -2.00. The summed E-state index contributed by atoms with van der Waals surface area (Å²) in [4.78, 5) is 37.4. The number of nitrogens with two attached hydrogens (primary N) is 1. The minimum absolute atomic E-state index is 0.152. The first kappa shape index (κ1) is 17.8. The van der Waals surface area contributed by atoms with Gasteiger partial charge in [-0.05, 0) is 31.3 Å². The molecule has 0 spiro atoms. The van der Waals surface area contributed by atoms with Gasteiger partial charge in [-0.1, -0.05) is 6.08 Å². The highest BCUT2D eigenvalue weighted by Gasteiger charge is 2.55. The number of hydrogen-bond acceptors (Lipinski definition) is 6. The zero-order valence-electron chi connectivity index (χ0n) is 13.9. The van der Waals surface area contributed by atoms with Gasteiger partial charge in [0.05, 0.1) is 12.9 Å². The Bertz CT molecular complexity index is 675. The number of hydrogen-bond donors (Lipinski definition) is 3. The van der Waals surface area contributed by atoms with Crippen LogP contribution in [0, 0.1) is 0 Å². The molecule has 9 heteroatoms. The minimum atomic E-state index is -1.22. The molecule has 3 atom stereocenters. The lowest BCUT2D eigenvalue weighted by molar-refractivity contribution is -0.151. The number of carbonyl (C=O) groups excluding carboxylic acids is 2. The van der Waals surface area contributed by atoms with Gasteiger partial charge in [0.25, 0.3) is 5.91 Å². The minimum Gasteiger partial charge on any atom is -0.498 e. The number of β-lactam (4-membered cyclic amide) rings is 1. The second kappa shape index (κ2) is 7.09. The van der Waals surface area contributed by atoms with E-state index in [0.29, 0.717) is 5.75 Å². The molecule has 0 saturated carbocycles. The third-order valence-electron chi connectivity index (χ3n) is 4.69. The van der Waals surface area contributed by atoms with Crippen molar-refractivity contribution in [2.45, 2.75) is 43.1 Å². The quantitative estimate of drug-likeness (QED) is 0.467. The largest absolute Gasteiger partial charge is 0.498 e. The van der Waals surface area contributed by atoms with Gasteiger partial charge >= 0.3 is 5.97 Å². The van der Waals surface area contributed by atoms with Gasteiger partial charge in [-0.3, -0.25) is 14.5 Å². The number of aliphatic carboxylic acids is 1. The number of amides is 2. The lowest BCUT2D eigenvalue weighted by Gasteiger charge is -2.49. The van der Waals surface area contributed by atoms with Crippen molar-refractivity contribution in [3.8, 4) is 0 Å². The first-order chi connectivity index (χ1) is 12.0. The predicted molar refractivity (Wildman–Crippen MR) is 91.2 cm³/mol. The van der Waals surface area contributed by atoms with Crippen LogP contribution in [-0.2, 0) is 19.1 Å². The number of carboxylic acids is 1. The normalized spacial score (nSPS) is 27.0. The van der Waals surface area contributed by atoms with Crippen molar-refractivity contribution >= 4 is 29.5 Å².